The molecule has 0 fully saturated rings. The lowest BCUT2D eigenvalue weighted by atomic mass is 10.5. The Morgan fingerprint density at radius 2 is 2.11 bits per heavy atom. The molecule has 0 radical (unpaired) electrons. The molecular formula is C4H7IO3S. The summed E-state index contributed by atoms with van der Waals surface area (Å²) in [4.78, 5) is 0. The van der Waals surface area contributed by atoms with Gasteiger partial charge in [-0.1, -0.05) is 6.58 Å². The molecule has 0 aromatic rings. The van der Waals surface area contributed by atoms with E-state index in [1.807, 2.05) is 22.6 Å². The molecule has 0 aliphatic rings. The molecule has 0 saturated heterocycles. The van der Waals surface area contributed by atoms with Gasteiger partial charge in [-0.2, -0.15) is 8.42 Å². The van der Waals surface area contributed by atoms with Crippen LogP contribution in [0.3, 0.4) is 0 Å². The van der Waals surface area contributed by atoms with Crippen LogP contribution in [0.25, 0.3) is 0 Å². The van der Waals surface area contributed by atoms with Gasteiger partial charge in [-0.15, -0.1) is 0 Å². The highest BCUT2D eigenvalue weighted by Gasteiger charge is 2.02. The second kappa shape index (κ2) is 3.52. The molecule has 0 unspecified atom stereocenters. The number of hydrogen-bond acceptors (Lipinski definition) is 2. The van der Waals surface area contributed by atoms with E-state index >= 15 is 0 Å². The lowest BCUT2D eigenvalue weighted by Gasteiger charge is -1.92. The first-order valence-corrected chi connectivity index (χ1v) is 4.89. The number of hydrogen-bond donors (Lipinski definition) is 1. The van der Waals surface area contributed by atoms with Crippen molar-refractivity contribution in [2.45, 2.75) is 6.42 Å². The van der Waals surface area contributed by atoms with E-state index < -0.39 is 10.1 Å². The van der Waals surface area contributed by atoms with Gasteiger partial charge < -0.3 is 0 Å². The van der Waals surface area contributed by atoms with Crippen LogP contribution in [0.15, 0.2) is 10.2 Å². The van der Waals surface area contributed by atoms with E-state index in [-0.39, 0.29) is 5.75 Å². The highest BCUT2D eigenvalue weighted by atomic mass is 127. The van der Waals surface area contributed by atoms with Crippen LogP contribution in [-0.4, -0.2) is 18.7 Å². The summed E-state index contributed by atoms with van der Waals surface area (Å²) >= 11 is 1.91. The lowest BCUT2D eigenvalue weighted by molar-refractivity contribution is 0.483. The molecule has 0 aliphatic heterocycles. The van der Waals surface area contributed by atoms with E-state index in [0.29, 0.717) is 6.42 Å². The first-order chi connectivity index (χ1) is 3.92. The molecule has 0 aromatic heterocycles. The van der Waals surface area contributed by atoms with Gasteiger partial charge in [0.1, 0.15) is 0 Å². The predicted molar refractivity (Wildman–Crippen MR) is 44.2 cm³/mol. The summed E-state index contributed by atoms with van der Waals surface area (Å²) < 4.78 is 29.0. The third kappa shape index (κ3) is 8.38. The molecule has 9 heavy (non-hydrogen) atoms. The molecule has 54 valence electrons. The Labute approximate surface area is 68.0 Å². The molecule has 0 aromatic carbocycles. The summed E-state index contributed by atoms with van der Waals surface area (Å²) in [5.41, 5.74) is 0. The quantitative estimate of drug-likeness (QED) is 0.614. The molecule has 0 aliphatic carbocycles. The number of halogens is 1. The van der Waals surface area contributed by atoms with E-state index in [9.17, 15) is 8.42 Å². The molecule has 3 nitrogen and oxygen atoms in total. The summed E-state index contributed by atoms with van der Waals surface area (Å²) in [6.45, 7) is 3.47. The maximum atomic E-state index is 10.0. The molecule has 0 rings (SSSR count). The van der Waals surface area contributed by atoms with Gasteiger partial charge in [0.15, 0.2) is 0 Å². The number of rotatable bonds is 3. The average Bonchev–Trinajstić information content (AvgIpc) is 1.59. The van der Waals surface area contributed by atoms with Crippen LogP contribution in [0.4, 0.5) is 0 Å². The predicted octanol–water partition coefficient (Wildman–Crippen LogP) is 1.21. The molecule has 0 atom stereocenters. The fraction of sp³-hybridized carbons (Fsp3) is 0.500. The zero-order valence-corrected chi connectivity index (χ0v) is 7.65. The van der Waals surface area contributed by atoms with Gasteiger partial charge in [0.05, 0.1) is 5.75 Å². The molecule has 0 bridgehead atoms. The van der Waals surface area contributed by atoms with E-state index in [0.717, 1.165) is 3.58 Å². The van der Waals surface area contributed by atoms with Crippen LogP contribution < -0.4 is 0 Å². The summed E-state index contributed by atoms with van der Waals surface area (Å²) in [6.07, 6.45) is 0.319. The standard InChI is InChI=1S/C4H7IO3S/c1-4(5)2-3-9(6,7)8/h1-3H2,(H,6,7,8). The maximum Gasteiger partial charge on any atom is 0.265 e. The third-order valence-electron chi connectivity index (χ3n) is 0.631. The monoisotopic (exact) mass is 262 g/mol. The smallest absolute Gasteiger partial charge is 0.265 e. The van der Waals surface area contributed by atoms with E-state index in [2.05, 4.69) is 6.58 Å². The van der Waals surface area contributed by atoms with E-state index in [1.54, 1.807) is 0 Å². The van der Waals surface area contributed by atoms with Crippen LogP contribution in [0.2, 0.25) is 0 Å². The van der Waals surface area contributed by atoms with Crippen molar-refractivity contribution in [2.75, 3.05) is 5.75 Å². The van der Waals surface area contributed by atoms with Gasteiger partial charge in [-0.3, -0.25) is 4.55 Å². The van der Waals surface area contributed by atoms with Crippen LogP contribution >= 0.6 is 22.6 Å². The van der Waals surface area contributed by atoms with E-state index in [1.165, 1.54) is 0 Å². The van der Waals surface area contributed by atoms with Gasteiger partial charge in [0.2, 0.25) is 0 Å². The van der Waals surface area contributed by atoms with Crippen molar-refractivity contribution in [1.29, 1.82) is 0 Å². The average molecular weight is 262 g/mol. The van der Waals surface area contributed by atoms with Crippen molar-refractivity contribution < 1.29 is 13.0 Å². The third-order valence-corrected chi connectivity index (χ3v) is 1.89. The highest BCUT2D eigenvalue weighted by Crippen LogP contribution is 2.07. The summed E-state index contributed by atoms with van der Waals surface area (Å²) in [5, 5.41) is 0. The van der Waals surface area contributed by atoms with Gasteiger partial charge in [0, 0.05) is 0 Å². The van der Waals surface area contributed by atoms with Crippen molar-refractivity contribution in [3.63, 3.8) is 0 Å². The Morgan fingerprint density at radius 1 is 1.67 bits per heavy atom. The van der Waals surface area contributed by atoms with Crippen molar-refractivity contribution in [1.82, 2.24) is 0 Å². The molecule has 5 heteroatoms. The molecule has 0 heterocycles. The minimum atomic E-state index is -3.78. The van der Waals surface area contributed by atoms with Gasteiger partial charge in [-0.25, -0.2) is 0 Å². The first kappa shape index (κ1) is 9.38. The van der Waals surface area contributed by atoms with Crippen molar-refractivity contribution in [3.8, 4) is 0 Å². The summed E-state index contributed by atoms with van der Waals surface area (Å²) in [6, 6.07) is 0. The van der Waals surface area contributed by atoms with Gasteiger partial charge in [-0.05, 0) is 32.6 Å². The lowest BCUT2D eigenvalue weighted by Crippen LogP contribution is -2.02. The minimum absolute atomic E-state index is 0.227. The first-order valence-electron chi connectivity index (χ1n) is 2.20. The van der Waals surface area contributed by atoms with Gasteiger partial charge in [0.25, 0.3) is 10.1 Å². The van der Waals surface area contributed by atoms with Crippen LogP contribution in [0, 0.1) is 0 Å². The van der Waals surface area contributed by atoms with Gasteiger partial charge >= 0.3 is 0 Å². The SMILES string of the molecule is C=C(I)CCS(=O)(=O)O. The molecule has 1 N–H and O–H groups in total. The van der Waals surface area contributed by atoms with Crippen molar-refractivity contribution in [3.05, 3.63) is 10.2 Å². The second-order valence-electron chi connectivity index (χ2n) is 1.55. The topological polar surface area (TPSA) is 54.4 Å². The fourth-order valence-corrected chi connectivity index (χ4v) is 1.38. The zero-order chi connectivity index (χ0) is 7.49. The largest absolute Gasteiger partial charge is 0.286 e. The Bertz CT molecular complexity index is 194. The molecule has 0 spiro atoms. The molecular weight excluding hydrogens is 255 g/mol. The molecule has 0 saturated carbocycles. The summed E-state index contributed by atoms with van der Waals surface area (Å²) in [5.74, 6) is -0.227. The second-order valence-corrected chi connectivity index (χ2v) is 4.65. The van der Waals surface area contributed by atoms with Crippen molar-refractivity contribution >= 4 is 32.7 Å². The van der Waals surface area contributed by atoms with Crippen LogP contribution in [0.5, 0.6) is 0 Å². The highest BCUT2D eigenvalue weighted by molar-refractivity contribution is 14.1. The number of allylic oxidation sites excluding steroid dienone is 1. The van der Waals surface area contributed by atoms with E-state index in [4.69, 9.17) is 4.55 Å². The Balaban J connectivity index is 3.67. The Morgan fingerprint density at radius 3 is 2.22 bits per heavy atom. The summed E-state index contributed by atoms with van der Waals surface area (Å²) in [7, 11) is -3.78. The Hall–Kier alpha value is 0.380. The molecule has 0 amide bonds. The van der Waals surface area contributed by atoms with Crippen molar-refractivity contribution in [2.24, 2.45) is 0 Å². The fourth-order valence-electron chi connectivity index (χ4n) is 0.240. The van der Waals surface area contributed by atoms with Crippen LogP contribution in [0.1, 0.15) is 6.42 Å². The zero-order valence-electron chi connectivity index (χ0n) is 4.67. The normalized spacial score (nSPS) is 11.3. The van der Waals surface area contributed by atoms with Crippen LogP contribution in [-0.2, 0) is 10.1 Å². The minimum Gasteiger partial charge on any atom is -0.286 e. The maximum absolute atomic E-state index is 10.0. The Kier molecular flexibility index (Phi) is 3.67.